The molecule has 1 aromatic carbocycles. The fourth-order valence-corrected chi connectivity index (χ4v) is 6.72. The van der Waals surface area contributed by atoms with Gasteiger partial charge in [0.2, 0.25) is 17.3 Å². The zero-order valence-electron chi connectivity index (χ0n) is 34.4. The van der Waals surface area contributed by atoms with Gasteiger partial charge in [0.1, 0.15) is 23.3 Å². The zero-order chi connectivity index (χ0) is 42.7. The summed E-state index contributed by atoms with van der Waals surface area (Å²) in [5.74, 6) is -3.11. The minimum absolute atomic E-state index is 0.0239. The number of guanidine groups is 1. The lowest BCUT2D eigenvalue weighted by Crippen LogP contribution is -2.56. The monoisotopic (exact) mass is 803 g/mol. The number of alkyl carbamates (subject to hydrolysis) is 2. The molecule has 17 nitrogen and oxygen atoms in total. The predicted molar refractivity (Wildman–Crippen MR) is 214 cm³/mol. The van der Waals surface area contributed by atoms with Crippen LogP contribution in [0.2, 0.25) is 0 Å². The van der Waals surface area contributed by atoms with Crippen molar-refractivity contribution in [2.24, 2.45) is 16.6 Å². The normalized spacial score (nSPS) is 17.3. The lowest BCUT2D eigenvalue weighted by molar-refractivity contribution is -0.176. The highest BCUT2D eigenvalue weighted by atomic mass is 16.6. The van der Waals surface area contributed by atoms with Gasteiger partial charge in [-0.3, -0.25) is 29.3 Å². The van der Waals surface area contributed by atoms with Crippen LogP contribution in [-0.2, 0) is 40.7 Å². The van der Waals surface area contributed by atoms with Crippen LogP contribution in [0.15, 0.2) is 46.2 Å². The first-order valence-corrected chi connectivity index (χ1v) is 19.3. The number of carbonyl (C=O) groups is 5. The van der Waals surface area contributed by atoms with Gasteiger partial charge in [0.05, 0.1) is 29.0 Å². The molecule has 17 heteroatoms. The molecule has 0 unspecified atom stereocenters. The molecule has 0 spiro atoms. The topological polar surface area (TPSA) is 232 Å². The van der Waals surface area contributed by atoms with E-state index in [0.717, 1.165) is 16.5 Å². The maximum atomic E-state index is 14.2. The highest BCUT2D eigenvalue weighted by Crippen LogP contribution is 2.43. The lowest BCUT2D eigenvalue weighted by atomic mass is 9.84. The summed E-state index contributed by atoms with van der Waals surface area (Å²) < 4.78 is 23.9. The predicted octanol–water partition coefficient (Wildman–Crippen LogP) is 4.19. The molecule has 0 saturated carbocycles. The van der Waals surface area contributed by atoms with E-state index in [4.69, 9.17) is 29.7 Å². The number of nitrogens with one attached hydrogen (secondary N) is 3. The number of ketones is 1. The Balaban J connectivity index is 1.38. The highest BCUT2D eigenvalue weighted by Gasteiger charge is 2.51. The van der Waals surface area contributed by atoms with Crippen LogP contribution in [0.1, 0.15) is 92.7 Å². The minimum atomic E-state index is -1.92. The maximum absolute atomic E-state index is 14.2. The molecule has 3 aromatic rings. The maximum Gasteiger partial charge on any atom is 0.414 e. The van der Waals surface area contributed by atoms with Gasteiger partial charge >= 0.3 is 18.2 Å². The van der Waals surface area contributed by atoms with Gasteiger partial charge in [-0.2, -0.15) is 0 Å². The standard InChI is InChI=1S/C41H53N7O10/c1-10-41(25-19-28-31-24(18-23-14-11-12-15-26(23)44-31)20-48(28)34(51)32(25)55-21-29(41)49)56-35(52)30(22(2)3)46-33(50)27(45-37(53)57-39(4,5)6)16-13-17-43-36(42)47-38(54)58-40(7,8)9/h11-12,14-15,18-19,22,27,30H,10,13,16-17,20-21H2,1-9H3,(H,45,53)(H,46,50)(H3,42,43,47,54)/t27-,30-,41-/m0/s1. The number of aromatic nitrogens is 2. The molecule has 3 amide bonds. The SMILES string of the molecule is CC[C@@]1(OC(=O)[C@@H](NC(=O)[C@H](CCCN=C(N)NC(=O)OC(C)(C)C)NC(=O)OC(C)(C)C)C(C)C)C(=O)COc2c1cc1n(c2=O)Cc2cc3ccccc3nc2-1. The number of esters is 1. The molecule has 2 aliphatic rings. The second-order valence-corrected chi connectivity index (χ2v) is 16.6. The van der Waals surface area contributed by atoms with Crippen molar-refractivity contribution in [3.05, 3.63) is 57.9 Å². The van der Waals surface area contributed by atoms with Gasteiger partial charge in [0.25, 0.3) is 5.56 Å². The summed E-state index contributed by atoms with van der Waals surface area (Å²) in [7, 11) is 0. The Morgan fingerprint density at radius 3 is 2.33 bits per heavy atom. The van der Waals surface area contributed by atoms with Gasteiger partial charge in [-0.1, -0.05) is 39.0 Å². The highest BCUT2D eigenvalue weighted by molar-refractivity contribution is 5.96. The number of ether oxygens (including phenoxy) is 4. The first-order valence-electron chi connectivity index (χ1n) is 19.3. The molecule has 2 aliphatic heterocycles. The van der Waals surface area contributed by atoms with Crippen LogP contribution in [0.3, 0.4) is 0 Å². The number of hydrogen-bond donors (Lipinski definition) is 4. The van der Waals surface area contributed by atoms with E-state index in [2.05, 4.69) is 20.9 Å². The van der Waals surface area contributed by atoms with Crippen LogP contribution in [0.25, 0.3) is 22.3 Å². The van der Waals surface area contributed by atoms with E-state index in [1.807, 2.05) is 30.3 Å². The van der Waals surface area contributed by atoms with Crippen LogP contribution in [-0.4, -0.2) is 81.8 Å². The quantitative estimate of drug-likeness (QED) is 0.0550. The Morgan fingerprint density at radius 1 is 1.00 bits per heavy atom. The summed E-state index contributed by atoms with van der Waals surface area (Å²) >= 11 is 0. The number of Topliss-reactive ketones (excluding diaryl/α,β-unsaturated/α-hetero) is 1. The summed E-state index contributed by atoms with van der Waals surface area (Å²) in [6.45, 7) is 14.9. The molecular weight excluding hydrogens is 750 g/mol. The first kappa shape index (κ1) is 43.1. The molecule has 5 N–H and O–H groups in total. The van der Waals surface area contributed by atoms with Crippen molar-refractivity contribution in [2.45, 2.75) is 117 Å². The average Bonchev–Trinajstić information content (AvgIpc) is 3.47. The number of rotatable bonds is 11. The molecule has 2 aromatic heterocycles. The zero-order valence-corrected chi connectivity index (χ0v) is 34.4. The van der Waals surface area contributed by atoms with E-state index >= 15 is 0 Å². The van der Waals surface area contributed by atoms with Crippen LogP contribution in [0, 0.1) is 5.92 Å². The summed E-state index contributed by atoms with van der Waals surface area (Å²) in [6.07, 6.45) is -1.46. The van der Waals surface area contributed by atoms with Gasteiger partial charge < -0.3 is 35.3 Å². The van der Waals surface area contributed by atoms with Crippen LogP contribution >= 0.6 is 0 Å². The van der Waals surface area contributed by atoms with Gasteiger partial charge in [0.15, 0.2) is 18.3 Å². The van der Waals surface area contributed by atoms with Crippen molar-refractivity contribution in [3.63, 3.8) is 0 Å². The van der Waals surface area contributed by atoms with E-state index in [1.54, 1.807) is 68.4 Å². The minimum Gasteiger partial charge on any atom is -0.479 e. The summed E-state index contributed by atoms with van der Waals surface area (Å²) in [5, 5.41) is 8.50. The number of para-hydroxylation sites is 1. The molecular formula is C41H53N7O10. The summed E-state index contributed by atoms with van der Waals surface area (Å²) in [4.78, 5) is 89.7. The van der Waals surface area contributed by atoms with Gasteiger partial charge in [-0.05, 0) is 84.9 Å². The van der Waals surface area contributed by atoms with Crippen molar-refractivity contribution in [1.29, 1.82) is 0 Å². The fourth-order valence-electron chi connectivity index (χ4n) is 6.72. The van der Waals surface area contributed by atoms with E-state index in [-0.39, 0.29) is 49.6 Å². The molecule has 0 radical (unpaired) electrons. The van der Waals surface area contributed by atoms with Gasteiger partial charge in [-0.15, -0.1) is 0 Å². The number of nitrogens with zero attached hydrogens (tertiary/aromatic N) is 3. The van der Waals surface area contributed by atoms with Gasteiger partial charge in [-0.25, -0.2) is 19.4 Å². The molecule has 58 heavy (non-hydrogen) atoms. The van der Waals surface area contributed by atoms with E-state index in [1.165, 1.54) is 4.57 Å². The first-order chi connectivity index (χ1) is 27.1. The number of carbonyl (C=O) groups excluding carboxylic acids is 5. The number of amides is 3. The molecule has 312 valence electrons. The molecule has 0 saturated heterocycles. The molecule has 0 aliphatic carbocycles. The second kappa shape index (κ2) is 16.8. The average molecular weight is 804 g/mol. The van der Waals surface area contributed by atoms with Crippen molar-refractivity contribution in [3.8, 4) is 17.1 Å². The molecule has 0 bridgehead atoms. The van der Waals surface area contributed by atoms with E-state index < -0.39 is 76.8 Å². The number of fused-ring (bicyclic) bond motifs is 5. The number of nitrogens with two attached hydrogens (primary N) is 1. The third-order valence-corrected chi connectivity index (χ3v) is 9.42. The van der Waals surface area contributed by atoms with Crippen molar-refractivity contribution < 1.29 is 42.9 Å². The number of benzene rings is 1. The third-order valence-electron chi connectivity index (χ3n) is 9.42. The van der Waals surface area contributed by atoms with Crippen molar-refractivity contribution in [2.75, 3.05) is 13.2 Å². The molecule has 5 rings (SSSR count). The van der Waals surface area contributed by atoms with Crippen LogP contribution in [0.5, 0.6) is 5.75 Å². The van der Waals surface area contributed by atoms with Crippen LogP contribution < -0.4 is 32.0 Å². The Hall–Kier alpha value is -6.00. The lowest BCUT2D eigenvalue weighted by Gasteiger charge is -2.37. The Morgan fingerprint density at radius 2 is 1.67 bits per heavy atom. The Labute approximate surface area is 336 Å². The number of hydrogen-bond acceptors (Lipinski definition) is 12. The van der Waals surface area contributed by atoms with Crippen LogP contribution in [0.4, 0.5) is 9.59 Å². The van der Waals surface area contributed by atoms with Crippen molar-refractivity contribution >= 4 is 46.7 Å². The number of pyridine rings is 2. The van der Waals surface area contributed by atoms with Crippen molar-refractivity contribution in [1.82, 2.24) is 25.5 Å². The molecule has 4 heterocycles. The smallest absolute Gasteiger partial charge is 0.414 e. The Kier molecular flexibility index (Phi) is 12.5. The fraction of sp³-hybridized carbons (Fsp3) is 0.512. The van der Waals surface area contributed by atoms with E-state index in [9.17, 15) is 28.8 Å². The van der Waals surface area contributed by atoms with Gasteiger partial charge in [0, 0.05) is 17.5 Å². The third kappa shape index (κ3) is 9.74. The number of aliphatic imine (C=N–C) groups is 1. The molecule has 0 fully saturated rings. The Bertz CT molecular complexity index is 2200. The summed E-state index contributed by atoms with van der Waals surface area (Å²) in [6, 6.07) is 8.65. The largest absolute Gasteiger partial charge is 0.479 e. The summed E-state index contributed by atoms with van der Waals surface area (Å²) in [5.41, 5.74) is 4.44. The molecule has 3 atom stereocenters. The second-order valence-electron chi connectivity index (χ2n) is 16.6. The van der Waals surface area contributed by atoms with E-state index in [0.29, 0.717) is 11.4 Å².